The fraction of sp³-hybridized carbons (Fsp3) is 0.154. The Balaban J connectivity index is 2.24. The monoisotopic (exact) mass is 276 g/mol. The lowest BCUT2D eigenvalue weighted by atomic mass is 10.2. The average molecular weight is 276 g/mol. The molecule has 7 heteroatoms. The molecule has 2 N–H and O–H groups in total. The lowest BCUT2D eigenvalue weighted by molar-refractivity contribution is -0.384. The zero-order chi connectivity index (χ0) is 14.9. The second-order valence-electron chi connectivity index (χ2n) is 4.24. The van der Waals surface area contributed by atoms with Crippen LogP contribution < -0.4 is 5.32 Å². The summed E-state index contributed by atoms with van der Waals surface area (Å²) in [5.74, 6) is 0.232. The van der Waals surface area contributed by atoms with Gasteiger partial charge < -0.3 is 14.8 Å². The van der Waals surface area contributed by atoms with Crippen LogP contribution in [0.15, 0.2) is 28.7 Å². The zero-order valence-corrected chi connectivity index (χ0v) is 10.8. The third kappa shape index (κ3) is 2.61. The van der Waals surface area contributed by atoms with E-state index < -0.39 is 10.8 Å². The highest BCUT2D eigenvalue weighted by atomic mass is 16.6. The summed E-state index contributed by atoms with van der Waals surface area (Å²) in [7, 11) is 0. The van der Waals surface area contributed by atoms with Gasteiger partial charge in [0.1, 0.15) is 17.3 Å². The normalized spacial score (nSPS) is 10.3. The molecule has 2 rings (SSSR count). The first kappa shape index (κ1) is 13.6. The Bertz CT molecular complexity index is 690. The summed E-state index contributed by atoms with van der Waals surface area (Å²) in [6.45, 7) is 3.37. The number of anilines is 1. The highest BCUT2D eigenvalue weighted by molar-refractivity contribution is 6.05. The number of nitrogens with one attached hydrogen (secondary N) is 1. The quantitative estimate of drug-likeness (QED) is 0.509. The van der Waals surface area contributed by atoms with Crippen molar-refractivity contribution in [3.8, 4) is 5.75 Å². The molecule has 0 saturated heterocycles. The van der Waals surface area contributed by atoms with E-state index in [1.54, 1.807) is 19.9 Å². The number of benzene rings is 1. The number of nitro benzene ring substituents is 1. The van der Waals surface area contributed by atoms with E-state index in [1.165, 1.54) is 12.1 Å². The Kier molecular flexibility index (Phi) is 3.43. The molecular formula is C13H12N2O5. The molecule has 7 nitrogen and oxygen atoms in total. The lowest BCUT2D eigenvalue weighted by Gasteiger charge is -2.06. The zero-order valence-electron chi connectivity index (χ0n) is 10.8. The van der Waals surface area contributed by atoms with Gasteiger partial charge in [-0.25, -0.2) is 0 Å². The van der Waals surface area contributed by atoms with E-state index in [1.807, 2.05) is 0 Å². The minimum absolute atomic E-state index is 0.0962. The smallest absolute Gasteiger partial charge is 0.273 e. The van der Waals surface area contributed by atoms with Crippen LogP contribution in [-0.2, 0) is 0 Å². The molecule has 0 spiro atoms. The van der Waals surface area contributed by atoms with Crippen LogP contribution in [0.4, 0.5) is 11.4 Å². The molecule has 1 aromatic carbocycles. The number of aryl methyl sites for hydroxylation is 2. The van der Waals surface area contributed by atoms with E-state index in [-0.39, 0.29) is 17.1 Å². The molecule has 0 fully saturated rings. The standard InChI is InChI=1S/C13H12N2O5/c1-7-5-10(8(2)20-7)13(17)14-11-4-3-9(15(18)19)6-12(11)16/h3-6,16H,1-2H3,(H,14,17). The van der Waals surface area contributed by atoms with Gasteiger partial charge in [0, 0.05) is 6.07 Å². The predicted molar refractivity (Wildman–Crippen MR) is 70.9 cm³/mol. The fourth-order valence-electron chi connectivity index (χ4n) is 1.79. The number of hydrogen-bond donors (Lipinski definition) is 2. The van der Waals surface area contributed by atoms with Crippen molar-refractivity contribution in [1.29, 1.82) is 0 Å². The van der Waals surface area contributed by atoms with Gasteiger partial charge in [-0.2, -0.15) is 0 Å². The van der Waals surface area contributed by atoms with Crippen LogP contribution >= 0.6 is 0 Å². The Labute approximate surface area is 114 Å². The van der Waals surface area contributed by atoms with Crippen LogP contribution in [0.25, 0.3) is 0 Å². The lowest BCUT2D eigenvalue weighted by Crippen LogP contribution is -2.12. The molecule has 0 aliphatic rings. The number of carbonyl (C=O) groups excluding carboxylic acids is 1. The van der Waals surface area contributed by atoms with Gasteiger partial charge in [-0.15, -0.1) is 0 Å². The van der Waals surface area contributed by atoms with Gasteiger partial charge in [-0.3, -0.25) is 14.9 Å². The number of aromatic hydroxyl groups is 1. The molecule has 0 atom stereocenters. The summed E-state index contributed by atoms with van der Waals surface area (Å²) >= 11 is 0. The van der Waals surface area contributed by atoms with E-state index in [9.17, 15) is 20.0 Å². The van der Waals surface area contributed by atoms with Crippen molar-refractivity contribution in [3.05, 3.63) is 51.5 Å². The maximum Gasteiger partial charge on any atom is 0.273 e. The van der Waals surface area contributed by atoms with Gasteiger partial charge in [0.25, 0.3) is 11.6 Å². The second kappa shape index (κ2) is 5.04. The maximum atomic E-state index is 12.0. The van der Waals surface area contributed by atoms with Gasteiger partial charge in [-0.1, -0.05) is 0 Å². The maximum absolute atomic E-state index is 12.0. The van der Waals surface area contributed by atoms with E-state index in [0.717, 1.165) is 6.07 Å². The Morgan fingerprint density at radius 1 is 1.35 bits per heavy atom. The first-order chi connectivity index (χ1) is 9.38. The summed E-state index contributed by atoms with van der Waals surface area (Å²) < 4.78 is 5.24. The molecular weight excluding hydrogens is 264 g/mol. The molecule has 2 aromatic rings. The van der Waals surface area contributed by atoms with Crippen molar-refractivity contribution in [2.45, 2.75) is 13.8 Å². The van der Waals surface area contributed by atoms with Crippen molar-refractivity contribution in [2.75, 3.05) is 5.32 Å². The third-order valence-electron chi connectivity index (χ3n) is 2.73. The minimum atomic E-state index is -0.630. The third-order valence-corrected chi connectivity index (χ3v) is 2.73. The summed E-state index contributed by atoms with van der Waals surface area (Å²) in [4.78, 5) is 21.9. The molecule has 0 bridgehead atoms. The summed E-state index contributed by atoms with van der Waals surface area (Å²) in [6.07, 6.45) is 0. The number of phenolic OH excluding ortho intramolecular Hbond substituents is 1. The van der Waals surface area contributed by atoms with Crippen LogP contribution in [0.2, 0.25) is 0 Å². The molecule has 20 heavy (non-hydrogen) atoms. The molecule has 0 radical (unpaired) electrons. The van der Waals surface area contributed by atoms with E-state index in [2.05, 4.69) is 5.32 Å². The Hall–Kier alpha value is -2.83. The number of hydrogen-bond acceptors (Lipinski definition) is 5. The molecule has 1 aromatic heterocycles. The van der Waals surface area contributed by atoms with Crippen LogP contribution in [-0.4, -0.2) is 15.9 Å². The van der Waals surface area contributed by atoms with Crippen LogP contribution in [0.5, 0.6) is 5.75 Å². The van der Waals surface area contributed by atoms with Crippen LogP contribution in [0.1, 0.15) is 21.9 Å². The van der Waals surface area contributed by atoms with E-state index >= 15 is 0 Å². The van der Waals surface area contributed by atoms with Gasteiger partial charge in [0.2, 0.25) is 0 Å². The second-order valence-corrected chi connectivity index (χ2v) is 4.24. The Morgan fingerprint density at radius 2 is 2.05 bits per heavy atom. The van der Waals surface area contributed by atoms with Crippen molar-refractivity contribution >= 4 is 17.3 Å². The minimum Gasteiger partial charge on any atom is -0.506 e. The summed E-state index contributed by atoms with van der Waals surface area (Å²) in [5.41, 5.74) is 0.190. The van der Waals surface area contributed by atoms with Gasteiger partial charge >= 0.3 is 0 Å². The molecule has 1 amide bonds. The number of amides is 1. The van der Waals surface area contributed by atoms with Gasteiger partial charge in [0.05, 0.1) is 22.2 Å². The summed E-state index contributed by atoms with van der Waals surface area (Å²) in [6, 6.07) is 5.02. The molecule has 0 aliphatic carbocycles. The Morgan fingerprint density at radius 3 is 2.55 bits per heavy atom. The topological polar surface area (TPSA) is 106 Å². The SMILES string of the molecule is Cc1cc(C(=O)Nc2ccc([N+](=O)[O-])cc2O)c(C)o1. The van der Waals surface area contributed by atoms with Crippen molar-refractivity contribution in [1.82, 2.24) is 0 Å². The number of nitro groups is 1. The molecule has 1 heterocycles. The molecule has 0 aliphatic heterocycles. The largest absolute Gasteiger partial charge is 0.506 e. The first-order valence-corrected chi connectivity index (χ1v) is 5.74. The van der Waals surface area contributed by atoms with Crippen molar-refractivity contribution < 1.29 is 19.2 Å². The van der Waals surface area contributed by atoms with Crippen LogP contribution in [0, 0.1) is 24.0 Å². The molecule has 0 unspecified atom stereocenters. The summed E-state index contributed by atoms with van der Waals surface area (Å²) in [5, 5.41) is 22.7. The van der Waals surface area contributed by atoms with Gasteiger partial charge in [-0.05, 0) is 26.0 Å². The number of rotatable bonds is 3. The number of nitrogens with zero attached hydrogens (tertiary/aromatic N) is 1. The van der Waals surface area contributed by atoms with E-state index in [4.69, 9.17) is 4.42 Å². The van der Waals surface area contributed by atoms with E-state index in [0.29, 0.717) is 17.1 Å². The number of non-ortho nitro benzene ring substituents is 1. The number of furan rings is 1. The first-order valence-electron chi connectivity index (χ1n) is 5.74. The van der Waals surface area contributed by atoms with Gasteiger partial charge in [0.15, 0.2) is 0 Å². The predicted octanol–water partition coefficient (Wildman–Crippen LogP) is 2.76. The fourth-order valence-corrected chi connectivity index (χ4v) is 1.79. The highest BCUT2D eigenvalue weighted by Gasteiger charge is 2.16. The highest BCUT2D eigenvalue weighted by Crippen LogP contribution is 2.28. The number of phenols is 1. The average Bonchev–Trinajstić information content (AvgIpc) is 2.70. The molecule has 0 saturated carbocycles. The van der Waals surface area contributed by atoms with Crippen LogP contribution in [0.3, 0.4) is 0 Å². The van der Waals surface area contributed by atoms with Crippen molar-refractivity contribution in [3.63, 3.8) is 0 Å². The molecule has 104 valence electrons. The number of carbonyl (C=O) groups is 1. The van der Waals surface area contributed by atoms with Crippen molar-refractivity contribution in [2.24, 2.45) is 0 Å².